The Morgan fingerprint density at radius 1 is 0.517 bits per heavy atom. The molecule has 6 nitrogen and oxygen atoms in total. The zero-order chi connectivity index (χ0) is 42.4. The highest BCUT2D eigenvalue weighted by Gasteiger charge is 2.24. The molecule has 334 valence electrons. The summed E-state index contributed by atoms with van der Waals surface area (Å²) in [5.74, 6) is -0.598. The van der Waals surface area contributed by atoms with Gasteiger partial charge in [0.1, 0.15) is 6.10 Å². The number of rotatable bonds is 42. The molecule has 0 heterocycles. The summed E-state index contributed by atoms with van der Waals surface area (Å²) >= 11 is 0. The first-order valence-corrected chi connectivity index (χ1v) is 24.2. The van der Waals surface area contributed by atoms with Crippen LogP contribution in [0.5, 0.6) is 0 Å². The predicted molar refractivity (Wildman–Crippen MR) is 250 cm³/mol. The van der Waals surface area contributed by atoms with Gasteiger partial charge in [-0.05, 0) is 70.6 Å². The number of ether oxygens (including phenoxy) is 1. The standard InChI is InChI=1S/C52H91NO5/c1-4-7-10-13-16-19-22-24-25-26-28-29-31-34-37-40-43-48(58-52(57)45-42-39-36-33-30-27-23-20-17-14-11-8-5-2)46-51(56)53-49(47-54)50(55)44-41-38-35-32-21-18-15-12-9-6-3/h16,19,22,24-30,36,39,48-50,54-55H,4-15,17-18,20-21,23,31-35,37-38,40-47H2,1-3H3,(H,53,56)/b19-16+,24-22+,26-25+,29-28+,30-27-,39-36+. The average Bonchev–Trinajstić information content (AvgIpc) is 3.22. The third-order valence-electron chi connectivity index (χ3n) is 10.6. The van der Waals surface area contributed by atoms with Crippen LogP contribution >= 0.6 is 0 Å². The maximum Gasteiger partial charge on any atom is 0.306 e. The number of carbonyl (C=O) groups excluding carboxylic acids is 2. The van der Waals surface area contributed by atoms with Gasteiger partial charge in [-0.25, -0.2) is 0 Å². The molecule has 0 saturated carbocycles. The number of nitrogens with one attached hydrogen (secondary N) is 1. The van der Waals surface area contributed by atoms with Gasteiger partial charge >= 0.3 is 5.97 Å². The van der Waals surface area contributed by atoms with E-state index in [9.17, 15) is 19.8 Å². The molecule has 6 heteroatoms. The molecule has 3 atom stereocenters. The van der Waals surface area contributed by atoms with Crippen molar-refractivity contribution in [3.8, 4) is 0 Å². The van der Waals surface area contributed by atoms with Crippen LogP contribution in [0.25, 0.3) is 0 Å². The Balaban J connectivity index is 4.79. The molecule has 3 unspecified atom stereocenters. The molecule has 0 aliphatic rings. The molecule has 0 aromatic heterocycles. The average molecular weight is 810 g/mol. The second kappa shape index (κ2) is 45.4. The number of amides is 1. The zero-order valence-electron chi connectivity index (χ0n) is 37.9. The van der Waals surface area contributed by atoms with Gasteiger partial charge in [-0.15, -0.1) is 0 Å². The Bertz CT molecular complexity index is 1090. The van der Waals surface area contributed by atoms with Crippen molar-refractivity contribution >= 4 is 11.9 Å². The molecule has 1 amide bonds. The van der Waals surface area contributed by atoms with E-state index in [2.05, 4.69) is 74.7 Å². The van der Waals surface area contributed by atoms with Gasteiger partial charge in [0.25, 0.3) is 0 Å². The lowest BCUT2D eigenvalue weighted by atomic mass is 10.0. The van der Waals surface area contributed by atoms with E-state index in [1.807, 2.05) is 24.3 Å². The van der Waals surface area contributed by atoms with E-state index >= 15 is 0 Å². The van der Waals surface area contributed by atoms with Gasteiger partial charge in [-0.1, -0.05) is 209 Å². The number of carbonyl (C=O) groups is 2. The number of aliphatic hydroxyl groups excluding tert-OH is 2. The second-order valence-electron chi connectivity index (χ2n) is 16.2. The van der Waals surface area contributed by atoms with Crippen LogP contribution in [0.4, 0.5) is 0 Å². The van der Waals surface area contributed by atoms with E-state index in [1.54, 1.807) is 0 Å². The van der Waals surface area contributed by atoms with E-state index < -0.39 is 18.2 Å². The Morgan fingerprint density at radius 3 is 1.52 bits per heavy atom. The fourth-order valence-corrected chi connectivity index (χ4v) is 6.91. The molecule has 58 heavy (non-hydrogen) atoms. The molecule has 0 saturated heterocycles. The lowest BCUT2D eigenvalue weighted by Gasteiger charge is -2.24. The van der Waals surface area contributed by atoms with Gasteiger partial charge in [0.05, 0.1) is 25.2 Å². The monoisotopic (exact) mass is 810 g/mol. The van der Waals surface area contributed by atoms with E-state index in [0.717, 1.165) is 64.2 Å². The zero-order valence-corrected chi connectivity index (χ0v) is 37.9. The number of esters is 1. The Hall–Kier alpha value is -2.70. The van der Waals surface area contributed by atoms with Gasteiger partial charge in [-0.3, -0.25) is 9.59 Å². The van der Waals surface area contributed by atoms with Crippen LogP contribution in [0.15, 0.2) is 72.9 Å². The Labute approximate surface area is 358 Å². The fraction of sp³-hybridized carbons (Fsp3) is 0.731. The minimum atomic E-state index is -0.808. The Morgan fingerprint density at radius 2 is 0.948 bits per heavy atom. The fourth-order valence-electron chi connectivity index (χ4n) is 6.91. The van der Waals surface area contributed by atoms with Crippen LogP contribution in [0.2, 0.25) is 0 Å². The normalized spacial score (nSPS) is 13.9. The van der Waals surface area contributed by atoms with E-state index in [1.165, 1.54) is 103 Å². The molecule has 0 aromatic carbocycles. The summed E-state index contributed by atoms with van der Waals surface area (Å²) in [5, 5.41) is 23.6. The summed E-state index contributed by atoms with van der Waals surface area (Å²) in [4.78, 5) is 26.0. The highest BCUT2D eigenvalue weighted by atomic mass is 16.5. The van der Waals surface area contributed by atoms with Crippen LogP contribution in [-0.4, -0.2) is 46.9 Å². The van der Waals surface area contributed by atoms with Crippen molar-refractivity contribution in [2.24, 2.45) is 0 Å². The quantitative estimate of drug-likeness (QED) is 0.0247. The highest BCUT2D eigenvalue weighted by molar-refractivity contribution is 5.77. The molecular weight excluding hydrogens is 719 g/mol. The maximum atomic E-state index is 13.1. The van der Waals surface area contributed by atoms with Crippen molar-refractivity contribution in [2.45, 2.75) is 238 Å². The van der Waals surface area contributed by atoms with Gasteiger partial charge in [0.15, 0.2) is 0 Å². The van der Waals surface area contributed by atoms with Crippen molar-refractivity contribution in [3.05, 3.63) is 72.9 Å². The summed E-state index contributed by atoms with van der Waals surface area (Å²) in [6.45, 7) is 6.38. The molecule has 0 fully saturated rings. The van der Waals surface area contributed by atoms with Crippen molar-refractivity contribution in [1.29, 1.82) is 0 Å². The highest BCUT2D eigenvalue weighted by Crippen LogP contribution is 2.16. The van der Waals surface area contributed by atoms with Gasteiger partial charge in [0, 0.05) is 6.42 Å². The predicted octanol–water partition coefficient (Wildman–Crippen LogP) is 14.2. The van der Waals surface area contributed by atoms with Crippen LogP contribution in [0.3, 0.4) is 0 Å². The smallest absolute Gasteiger partial charge is 0.306 e. The number of hydrogen-bond acceptors (Lipinski definition) is 5. The molecule has 0 rings (SSSR count). The number of hydrogen-bond donors (Lipinski definition) is 3. The van der Waals surface area contributed by atoms with Crippen LogP contribution in [0, 0.1) is 0 Å². The van der Waals surface area contributed by atoms with Crippen molar-refractivity contribution < 1.29 is 24.5 Å². The van der Waals surface area contributed by atoms with Crippen LogP contribution < -0.4 is 5.32 Å². The topological polar surface area (TPSA) is 95.9 Å². The van der Waals surface area contributed by atoms with E-state index in [4.69, 9.17) is 4.74 Å². The van der Waals surface area contributed by atoms with Gasteiger partial charge in [0.2, 0.25) is 5.91 Å². The minimum absolute atomic E-state index is 0.0264. The first-order valence-electron chi connectivity index (χ1n) is 24.2. The molecule has 3 N–H and O–H groups in total. The van der Waals surface area contributed by atoms with Crippen LogP contribution in [0.1, 0.15) is 220 Å². The largest absolute Gasteiger partial charge is 0.462 e. The molecule has 0 aliphatic carbocycles. The third-order valence-corrected chi connectivity index (χ3v) is 10.6. The van der Waals surface area contributed by atoms with Gasteiger partial charge < -0.3 is 20.3 Å². The number of aliphatic hydroxyl groups is 2. The maximum absolute atomic E-state index is 13.1. The lowest BCUT2D eigenvalue weighted by molar-refractivity contribution is -0.150. The van der Waals surface area contributed by atoms with Crippen molar-refractivity contribution in [2.75, 3.05) is 6.61 Å². The number of unbranched alkanes of at least 4 members (excludes halogenated alkanes) is 21. The summed E-state index contributed by atoms with van der Waals surface area (Å²) in [5.41, 5.74) is 0. The second-order valence-corrected chi connectivity index (χ2v) is 16.2. The molecule has 0 spiro atoms. The summed E-state index contributed by atoms with van der Waals surface area (Å²) in [6.07, 6.45) is 56.8. The van der Waals surface area contributed by atoms with Crippen molar-refractivity contribution in [3.63, 3.8) is 0 Å². The lowest BCUT2D eigenvalue weighted by Crippen LogP contribution is -2.46. The molecule has 0 radical (unpaired) electrons. The minimum Gasteiger partial charge on any atom is -0.462 e. The van der Waals surface area contributed by atoms with Crippen molar-refractivity contribution in [1.82, 2.24) is 5.32 Å². The molecule has 0 bridgehead atoms. The molecular formula is C52H91NO5. The SMILES string of the molecule is CCCCC/C=C/C=C/C=C/C=C/CCCCCC(CC(=O)NC(CO)C(O)CCCCCCCCCCCC)OC(=O)CC/C=C/C/C=C\CCCCCCCC. The van der Waals surface area contributed by atoms with E-state index in [-0.39, 0.29) is 31.3 Å². The summed E-state index contributed by atoms with van der Waals surface area (Å²) < 4.78 is 5.86. The Kier molecular flexibility index (Phi) is 43.3. The summed E-state index contributed by atoms with van der Waals surface area (Å²) in [7, 11) is 0. The molecule has 0 aromatic rings. The van der Waals surface area contributed by atoms with E-state index in [0.29, 0.717) is 19.3 Å². The van der Waals surface area contributed by atoms with Crippen LogP contribution in [-0.2, 0) is 14.3 Å². The first kappa shape index (κ1) is 55.3. The summed E-state index contributed by atoms with van der Waals surface area (Å²) in [6, 6.07) is -0.726. The van der Waals surface area contributed by atoms with Gasteiger partial charge in [-0.2, -0.15) is 0 Å². The third kappa shape index (κ3) is 40.1. The number of allylic oxidation sites excluding steroid dienone is 12. The first-order chi connectivity index (χ1) is 28.5. The molecule has 0 aliphatic heterocycles.